The Morgan fingerprint density at radius 2 is 1.67 bits per heavy atom. The summed E-state index contributed by atoms with van der Waals surface area (Å²) >= 11 is 12.0. The zero-order valence-corrected chi connectivity index (χ0v) is 15.5. The zero-order chi connectivity index (χ0) is 19.0. The van der Waals surface area contributed by atoms with E-state index >= 15 is 0 Å². The number of hydrogen-bond acceptors (Lipinski definition) is 5. The van der Waals surface area contributed by atoms with Crippen LogP contribution in [0.25, 0.3) is 0 Å². The minimum atomic E-state index is -0.295. The minimum absolute atomic E-state index is 0.194. The number of nitrogens with zero attached hydrogens (tertiary/aromatic N) is 5. The highest BCUT2D eigenvalue weighted by molar-refractivity contribution is 6.35. The number of carbonyl (C=O) groups excluding carboxylic acids is 2. The minimum Gasteiger partial charge on any atom is -0.274 e. The summed E-state index contributed by atoms with van der Waals surface area (Å²) in [5.74, 6) is -0.150. The van der Waals surface area contributed by atoms with E-state index in [-0.39, 0.29) is 18.4 Å². The molecule has 0 saturated heterocycles. The predicted octanol–water partition coefficient (Wildman–Crippen LogP) is 2.87. The Hall–Kier alpha value is -2.77. The van der Waals surface area contributed by atoms with Gasteiger partial charge in [0.05, 0.1) is 17.7 Å². The first-order chi connectivity index (χ1) is 13.0. The summed E-state index contributed by atoms with van der Waals surface area (Å²) in [6.45, 7) is 0.537. The largest absolute Gasteiger partial charge is 0.274 e. The number of amides is 2. The van der Waals surface area contributed by atoms with Gasteiger partial charge in [0.25, 0.3) is 11.8 Å². The molecule has 0 spiro atoms. The maximum atomic E-state index is 12.4. The molecule has 2 amide bonds. The first-order valence-corrected chi connectivity index (χ1v) is 8.94. The van der Waals surface area contributed by atoms with Gasteiger partial charge in [0.15, 0.2) is 5.82 Å². The SMILES string of the molecule is O=C1c2ccccc2C(=O)N1CCc1nnn(Cc2ccc(Cl)cc2Cl)n1. The third kappa shape index (κ3) is 3.43. The molecule has 0 radical (unpaired) electrons. The highest BCUT2D eigenvalue weighted by Gasteiger charge is 2.34. The van der Waals surface area contributed by atoms with Crippen LogP contribution in [0.1, 0.15) is 32.1 Å². The van der Waals surface area contributed by atoms with Crippen LogP contribution in [0.2, 0.25) is 10.0 Å². The van der Waals surface area contributed by atoms with Gasteiger partial charge in [-0.3, -0.25) is 14.5 Å². The molecule has 0 aliphatic carbocycles. The number of rotatable bonds is 5. The zero-order valence-electron chi connectivity index (χ0n) is 14.0. The number of carbonyl (C=O) groups is 2. The summed E-state index contributed by atoms with van der Waals surface area (Å²) in [6.07, 6.45) is 0.319. The Labute approximate surface area is 164 Å². The number of benzene rings is 2. The second-order valence-electron chi connectivity index (χ2n) is 6.03. The Morgan fingerprint density at radius 3 is 2.33 bits per heavy atom. The van der Waals surface area contributed by atoms with Gasteiger partial charge in [-0.25, -0.2) is 0 Å². The molecular weight excluding hydrogens is 389 g/mol. The van der Waals surface area contributed by atoms with Crippen molar-refractivity contribution < 1.29 is 9.59 Å². The molecule has 2 heterocycles. The van der Waals surface area contributed by atoms with Crippen molar-refractivity contribution in [3.8, 4) is 0 Å². The Balaban J connectivity index is 1.42. The van der Waals surface area contributed by atoms with Gasteiger partial charge in [0.2, 0.25) is 0 Å². The molecule has 7 nitrogen and oxygen atoms in total. The summed E-state index contributed by atoms with van der Waals surface area (Å²) in [6, 6.07) is 12.0. The average Bonchev–Trinajstić information content (AvgIpc) is 3.20. The lowest BCUT2D eigenvalue weighted by Crippen LogP contribution is -2.32. The lowest BCUT2D eigenvalue weighted by Gasteiger charge is -2.11. The van der Waals surface area contributed by atoms with E-state index in [2.05, 4.69) is 15.4 Å². The number of halogens is 2. The second kappa shape index (κ2) is 7.09. The molecule has 0 N–H and O–H groups in total. The lowest BCUT2D eigenvalue weighted by molar-refractivity contribution is 0.0655. The molecule has 1 aromatic heterocycles. The average molecular weight is 402 g/mol. The fourth-order valence-corrected chi connectivity index (χ4v) is 3.37. The van der Waals surface area contributed by atoms with Crippen LogP contribution < -0.4 is 0 Å². The molecule has 136 valence electrons. The van der Waals surface area contributed by atoms with Gasteiger partial charge >= 0.3 is 0 Å². The number of hydrogen-bond donors (Lipinski definition) is 0. The molecule has 3 aromatic rings. The molecule has 0 saturated carbocycles. The standard InChI is InChI=1S/C18H13Cl2N5O2/c19-12-6-5-11(15(20)9-12)10-25-22-16(21-23-25)7-8-24-17(26)13-3-1-2-4-14(13)18(24)27/h1-6,9H,7-8,10H2. The van der Waals surface area contributed by atoms with Crippen molar-refractivity contribution in [1.82, 2.24) is 25.1 Å². The van der Waals surface area contributed by atoms with Crippen molar-refractivity contribution >= 4 is 35.0 Å². The smallest absolute Gasteiger partial charge is 0.261 e. The van der Waals surface area contributed by atoms with E-state index in [9.17, 15) is 9.59 Å². The maximum Gasteiger partial charge on any atom is 0.261 e. The van der Waals surface area contributed by atoms with Gasteiger partial charge in [-0.2, -0.15) is 4.80 Å². The lowest BCUT2D eigenvalue weighted by atomic mass is 10.1. The van der Waals surface area contributed by atoms with Crippen LogP contribution in [0.4, 0.5) is 0 Å². The fraction of sp³-hybridized carbons (Fsp3) is 0.167. The van der Waals surface area contributed by atoms with Crippen LogP contribution in [0.3, 0.4) is 0 Å². The molecule has 4 rings (SSSR count). The van der Waals surface area contributed by atoms with Gasteiger partial charge in [0, 0.05) is 23.0 Å². The number of aromatic nitrogens is 4. The van der Waals surface area contributed by atoms with E-state index in [1.165, 1.54) is 9.70 Å². The summed E-state index contributed by atoms with van der Waals surface area (Å²) in [7, 11) is 0. The first-order valence-electron chi connectivity index (χ1n) is 8.19. The van der Waals surface area contributed by atoms with E-state index in [4.69, 9.17) is 23.2 Å². The van der Waals surface area contributed by atoms with E-state index in [0.29, 0.717) is 40.0 Å². The normalized spacial score (nSPS) is 13.3. The van der Waals surface area contributed by atoms with Crippen LogP contribution in [-0.4, -0.2) is 43.5 Å². The monoisotopic (exact) mass is 401 g/mol. The molecule has 0 fully saturated rings. The molecule has 0 atom stereocenters. The van der Waals surface area contributed by atoms with Gasteiger partial charge < -0.3 is 0 Å². The van der Waals surface area contributed by atoms with Crippen molar-refractivity contribution in [3.63, 3.8) is 0 Å². The van der Waals surface area contributed by atoms with Crippen LogP contribution >= 0.6 is 23.2 Å². The molecule has 2 aromatic carbocycles. The van der Waals surface area contributed by atoms with Crippen LogP contribution in [0, 0.1) is 0 Å². The van der Waals surface area contributed by atoms with E-state index in [0.717, 1.165) is 5.56 Å². The van der Waals surface area contributed by atoms with Crippen LogP contribution in [-0.2, 0) is 13.0 Å². The fourth-order valence-electron chi connectivity index (χ4n) is 2.90. The van der Waals surface area contributed by atoms with Crippen molar-refractivity contribution in [1.29, 1.82) is 0 Å². The molecular formula is C18H13Cl2N5O2. The molecule has 1 aliphatic heterocycles. The summed E-state index contributed by atoms with van der Waals surface area (Å²) in [5, 5.41) is 13.3. The highest BCUT2D eigenvalue weighted by atomic mass is 35.5. The van der Waals surface area contributed by atoms with Gasteiger partial charge in [-0.15, -0.1) is 10.2 Å². The third-order valence-corrected chi connectivity index (χ3v) is 4.85. The molecule has 9 heteroatoms. The van der Waals surface area contributed by atoms with E-state index < -0.39 is 0 Å². The maximum absolute atomic E-state index is 12.4. The summed E-state index contributed by atoms with van der Waals surface area (Å²) in [5.41, 5.74) is 1.67. The predicted molar refractivity (Wildman–Crippen MR) is 98.9 cm³/mol. The number of imide groups is 1. The Kier molecular flexibility index (Phi) is 4.63. The third-order valence-electron chi connectivity index (χ3n) is 4.26. The molecule has 1 aliphatic rings. The van der Waals surface area contributed by atoms with E-state index in [1.54, 1.807) is 42.5 Å². The number of fused-ring (bicyclic) bond motifs is 1. The highest BCUT2D eigenvalue weighted by Crippen LogP contribution is 2.23. The van der Waals surface area contributed by atoms with Crippen molar-refractivity contribution in [2.24, 2.45) is 0 Å². The quantitative estimate of drug-likeness (QED) is 0.613. The Morgan fingerprint density at radius 1 is 0.963 bits per heavy atom. The first kappa shape index (κ1) is 17.6. The van der Waals surface area contributed by atoms with Crippen molar-refractivity contribution in [2.75, 3.05) is 6.54 Å². The van der Waals surface area contributed by atoms with Crippen LogP contribution in [0.15, 0.2) is 42.5 Å². The Bertz CT molecular complexity index is 1010. The van der Waals surface area contributed by atoms with Gasteiger partial charge in [0.1, 0.15) is 0 Å². The van der Waals surface area contributed by atoms with Crippen molar-refractivity contribution in [3.05, 3.63) is 75.0 Å². The van der Waals surface area contributed by atoms with Gasteiger partial charge in [-0.1, -0.05) is 41.4 Å². The topological polar surface area (TPSA) is 81.0 Å². The van der Waals surface area contributed by atoms with E-state index in [1.807, 2.05) is 0 Å². The molecule has 0 bridgehead atoms. The number of tetrazole rings is 1. The molecule has 27 heavy (non-hydrogen) atoms. The molecule has 0 unspecified atom stereocenters. The van der Waals surface area contributed by atoms with Gasteiger partial charge in [-0.05, 0) is 35.0 Å². The summed E-state index contributed by atoms with van der Waals surface area (Å²) < 4.78 is 0. The second-order valence-corrected chi connectivity index (χ2v) is 6.87. The van der Waals surface area contributed by atoms with Crippen molar-refractivity contribution in [2.45, 2.75) is 13.0 Å². The van der Waals surface area contributed by atoms with Crippen LogP contribution in [0.5, 0.6) is 0 Å². The summed E-state index contributed by atoms with van der Waals surface area (Å²) in [4.78, 5) is 27.3.